The summed E-state index contributed by atoms with van der Waals surface area (Å²) in [6.45, 7) is 0. The largest absolute Gasteiger partial charge is 0.277 e. The number of nitro groups is 1. The molecule has 0 aromatic heterocycles. The lowest BCUT2D eigenvalue weighted by atomic mass is 10.0. The van der Waals surface area contributed by atoms with E-state index in [0.29, 0.717) is 0 Å². The molecule has 0 saturated heterocycles. The van der Waals surface area contributed by atoms with Crippen molar-refractivity contribution >= 4 is 21.6 Å². The van der Waals surface area contributed by atoms with Gasteiger partial charge >= 0.3 is 0 Å². The molecule has 0 N–H and O–H groups in total. The molecule has 2 aromatic rings. The first-order valence-corrected chi connectivity index (χ1v) is 5.68. The summed E-state index contributed by atoms with van der Waals surface area (Å²) < 4.78 is 27.1. The molecule has 0 fully saturated rings. The number of nitrogens with zero attached hydrogens (tertiary/aromatic N) is 1. The Labute approximate surface area is 109 Å². The van der Waals surface area contributed by atoms with Gasteiger partial charge in [-0.3, -0.25) is 10.1 Å². The number of hydrogen-bond donors (Lipinski definition) is 0. The smallest absolute Gasteiger partial charge is 0.258 e. The molecule has 6 heteroatoms. The van der Waals surface area contributed by atoms with Gasteiger partial charge in [0.05, 0.1) is 15.0 Å². The topological polar surface area (TPSA) is 43.1 Å². The van der Waals surface area contributed by atoms with Gasteiger partial charge in [-0.1, -0.05) is 12.1 Å². The minimum absolute atomic E-state index is 0.0256. The third-order valence-corrected chi connectivity index (χ3v) is 3.01. The zero-order chi connectivity index (χ0) is 13.3. The number of rotatable bonds is 2. The molecule has 2 aromatic carbocycles. The van der Waals surface area contributed by atoms with E-state index >= 15 is 0 Å². The summed E-state index contributed by atoms with van der Waals surface area (Å²) in [7, 11) is 0. The number of halogens is 3. The average molecular weight is 314 g/mol. The van der Waals surface area contributed by atoms with Crippen molar-refractivity contribution in [2.45, 2.75) is 0 Å². The zero-order valence-electron chi connectivity index (χ0n) is 8.86. The Balaban J connectivity index is 2.69. The predicted molar refractivity (Wildman–Crippen MR) is 66.1 cm³/mol. The fourth-order valence-corrected chi connectivity index (χ4v) is 1.91. The summed E-state index contributed by atoms with van der Waals surface area (Å²) >= 11 is 2.85. The van der Waals surface area contributed by atoms with Crippen molar-refractivity contribution in [1.29, 1.82) is 0 Å². The molecule has 0 saturated carbocycles. The van der Waals surface area contributed by atoms with Gasteiger partial charge in [0.25, 0.3) is 5.69 Å². The molecule has 0 amide bonds. The standard InChI is InChI=1S/C12H6BrF2NO2/c13-9-6-10(14)8(5-11(9)15)7-3-1-2-4-12(7)16(17)18/h1-6H. The van der Waals surface area contributed by atoms with Crippen molar-refractivity contribution in [3.8, 4) is 11.1 Å². The van der Waals surface area contributed by atoms with E-state index in [4.69, 9.17) is 0 Å². The van der Waals surface area contributed by atoms with E-state index in [0.717, 1.165) is 12.1 Å². The van der Waals surface area contributed by atoms with Gasteiger partial charge in [0.15, 0.2) is 0 Å². The summed E-state index contributed by atoms with van der Waals surface area (Å²) in [5.74, 6) is -1.40. The van der Waals surface area contributed by atoms with E-state index in [1.165, 1.54) is 24.3 Å². The first-order chi connectivity index (χ1) is 8.50. The third-order valence-electron chi connectivity index (χ3n) is 2.40. The van der Waals surface area contributed by atoms with Gasteiger partial charge in [-0.05, 0) is 34.1 Å². The fourth-order valence-electron chi connectivity index (χ4n) is 1.59. The third kappa shape index (κ3) is 2.24. The number of nitro benzene ring substituents is 1. The zero-order valence-corrected chi connectivity index (χ0v) is 10.4. The molecule has 0 spiro atoms. The Bertz CT molecular complexity index is 631. The number of para-hydroxylation sites is 1. The first kappa shape index (κ1) is 12.6. The van der Waals surface area contributed by atoms with Crippen LogP contribution >= 0.6 is 15.9 Å². The predicted octanol–water partition coefficient (Wildman–Crippen LogP) is 4.30. The van der Waals surface area contributed by atoms with E-state index in [9.17, 15) is 18.9 Å². The summed E-state index contributed by atoms with van der Waals surface area (Å²) in [4.78, 5) is 10.2. The number of benzene rings is 2. The summed E-state index contributed by atoms with van der Waals surface area (Å²) in [5, 5.41) is 10.8. The monoisotopic (exact) mass is 313 g/mol. The van der Waals surface area contributed by atoms with Crippen LogP contribution < -0.4 is 0 Å². The Morgan fingerprint density at radius 1 is 1.06 bits per heavy atom. The summed E-state index contributed by atoms with van der Waals surface area (Å²) in [6, 6.07) is 7.50. The molecular weight excluding hydrogens is 308 g/mol. The van der Waals surface area contributed by atoms with E-state index in [1.54, 1.807) is 0 Å². The second-order valence-corrected chi connectivity index (χ2v) is 4.37. The molecule has 0 unspecified atom stereocenters. The van der Waals surface area contributed by atoms with Gasteiger partial charge in [-0.2, -0.15) is 0 Å². The molecule has 0 aliphatic rings. The van der Waals surface area contributed by atoms with Gasteiger partial charge in [0.2, 0.25) is 0 Å². The van der Waals surface area contributed by atoms with Gasteiger partial charge in [-0.25, -0.2) is 8.78 Å². The van der Waals surface area contributed by atoms with Crippen molar-refractivity contribution in [2.24, 2.45) is 0 Å². The van der Waals surface area contributed by atoms with Gasteiger partial charge in [0.1, 0.15) is 11.6 Å². The van der Waals surface area contributed by atoms with Crippen LogP contribution in [0.2, 0.25) is 0 Å². The Morgan fingerprint density at radius 3 is 2.39 bits per heavy atom. The minimum atomic E-state index is -0.724. The van der Waals surface area contributed by atoms with Crippen LogP contribution in [0, 0.1) is 21.7 Å². The van der Waals surface area contributed by atoms with Crippen LogP contribution in [0.1, 0.15) is 0 Å². The molecule has 3 nitrogen and oxygen atoms in total. The van der Waals surface area contributed by atoms with E-state index in [-0.39, 0.29) is 21.3 Å². The maximum absolute atomic E-state index is 13.7. The lowest BCUT2D eigenvalue weighted by Crippen LogP contribution is -1.94. The van der Waals surface area contributed by atoms with Crippen LogP contribution in [-0.2, 0) is 0 Å². The number of hydrogen-bond acceptors (Lipinski definition) is 2. The Morgan fingerprint density at radius 2 is 1.72 bits per heavy atom. The molecule has 0 aliphatic carbocycles. The lowest BCUT2D eigenvalue weighted by molar-refractivity contribution is -0.384. The van der Waals surface area contributed by atoms with Crippen LogP contribution in [0.3, 0.4) is 0 Å². The molecule has 0 radical (unpaired) electrons. The molecule has 92 valence electrons. The first-order valence-electron chi connectivity index (χ1n) is 4.89. The van der Waals surface area contributed by atoms with Gasteiger partial charge < -0.3 is 0 Å². The molecule has 0 atom stereocenters. The second kappa shape index (κ2) is 4.81. The van der Waals surface area contributed by atoms with Crippen LogP contribution in [0.5, 0.6) is 0 Å². The van der Waals surface area contributed by atoms with Gasteiger partial charge in [0, 0.05) is 11.6 Å². The van der Waals surface area contributed by atoms with Crippen LogP contribution in [-0.4, -0.2) is 4.92 Å². The molecular formula is C12H6BrF2NO2. The maximum atomic E-state index is 13.7. The Kier molecular flexibility index (Phi) is 3.38. The van der Waals surface area contributed by atoms with E-state index in [1.807, 2.05) is 0 Å². The van der Waals surface area contributed by atoms with E-state index in [2.05, 4.69) is 15.9 Å². The van der Waals surface area contributed by atoms with Crippen molar-refractivity contribution in [3.63, 3.8) is 0 Å². The van der Waals surface area contributed by atoms with Crippen molar-refractivity contribution in [1.82, 2.24) is 0 Å². The highest BCUT2D eigenvalue weighted by Crippen LogP contribution is 2.33. The van der Waals surface area contributed by atoms with Crippen LogP contribution in [0.25, 0.3) is 11.1 Å². The summed E-state index contributed by atoms with van der Waals surface area (Å²) in [6.07, 6.45) is 0. The van der Waals surface area contributed by atoms with Crippen molar-refractivity contribution < 1.29 is 13.7 Å². The van der Waals surface area contributed by atoms with Crippen LogP contribution in [0.4, 0.5) is 14.5 Å². The minimum Gasteiger partial charge on any atom is -0.258 e. The van der Waals surface area contributed by atoms with E-state index < -0.39 is 16.6 Å². The summed E-state index contributed by atoms with van der Waals surface area (Å²) in [5.41, 5.74) is -0.354. The van der Waals surface area contributed by atoms with Gasteiger partial charge in [-0.15, -0.1) is 0 Å². The van der Waals surface area contributed by atoms with Crippen molar-refractivity contribution in [2.75, 3.05) is 0 Å². The quantitative estimate of drug-likeness (QED) is 0.471. The molecule has 0 heterocycles. The highest BCUT2D eigenvalue weighted by atomic mass is 79.9. The fraction of sp³-hybridized carbons (Fsp3) is 0. The lowest BCUT2D eigenvalue weighted by Gasteiger charge is -2.05. The normalized spacial score (nSPS) is 10.4. The maximum Gasteiger partial charge on any atom is 0.277 e. The van der Waals surface area contributed by atoms with Crippen LogP contribution in [0.15, 0.2) is 40.9 Å². The Hall–Kier alpha value is -1.82. The average Bonchev–Trinajstić information content (AvgIpc) is 2.34. The molecule has 2 rings (SSSR count). The molecule has 18 heavy (non-hydrogen) atoms. The SMILES string of the molecule is O=[N+]([O-])c1ccccc1-c1cc(F)c(Br)cc1F. The van der Waals surface area contributed by atoms with Crippen molar-refractivity contribution in [3.05, 3.63) is 62.6 Å². The molecule has 0 aliphatic heterocycles. The second-order valence-electron chi connectivity index (χ2n) is 3.52. The molecule has 0 bridgehead atoms. The highest BCUT2D eigenvalue weighted by molar-refractivity contribution is 9.10. The highest BCUT2D eigenvalue weighted by Gasteiger charge is 2.18.